The Morgan fingerprint density at radius 3 is 2.56 bits per heavy atom. The molecule has 2 amide bonds. The van der Waals surface area contributed by atoms with Gasteiger partial charge in [0, 0.05) is 37.1 Å². The number of esters is 1. The van der Waals surface area contributed by atoms with Crippen LogP contribution in [0.5, 0.6) is 5.75 Å². The van der Waals surface area contributed by atoms with Crippen LogP contribution < -0.4 is 10.1 Å². The monoisotopic (exact) mass is 668 g/mol. The second kappa shape index (κ2) is 16.9. The molecule has 1 aliphatic heterocycles. The van der Waals surface area contributed by atoms with Crippen LogP contribution in [0.25, 0.3) is 0 Å². The van der Waals surface area contributed by atoms with Crippen molar-refractivity contribution in [3.63, 3.8) is 0 Å². The van der Waals surface area contributed by atoms with Gasteiger partial charge in [0.1, 0.15) is 5.75 Å². The molecule has 2 aromatic carbocycles. The molecule has 4 rings (SSSR count). The number of hydrogen-bond acceptors (Lipinski definition) is 9. The van der Waals surface area contributed by atoms with Crippen molar-refractivity contribution in [2.75, 3.05) is 13.1 Å². The summed E-state index contributed by atoms with van der Waals surface area (Å²) in [6.45, 7) is 3.43. The van der Waals surface area contributed by atoms with Gasteiger partial charge in [-0.15, -0.1) is 10.2 Å². The third kappa shape index (κ3) is 10.9. The molecular weight excluding hydrogens is 626 g/mol. The zero-order valence-corrected chi connectivity index (χ0v) is 27.1. The number of H-pyrrole nitrogens is 1. The van der Waals surface area contributed by atoms with Crippen LogP contribution in [0.4, 0.5) is 13.6 Å². The lowest BCUT2D eigenvalue weighted by Crippen LogP contribution is -2.39. The summed E-state index contributed by atoms with van der Waals surface area (Å²) in [5.74, 6) is -3.91. The zero-order valence-electron chi connectivity index (χ0n) is 27.1. The Labute approximate surface area is 277 Å². The van der Waals surface area contributed by atoms with Gasteiger partial charge in [-0.3, -0.25) is 9.59 Å². The molecule has 2 atom stereocenters. The number of carbonyl (C=O) groups is 3. The molecule has 2 heterocycles. The molecule has 12 nitrogen and oxygen atoms in total. The fourth-order valence-electron chi connectivity index (χ4n) is 5.25. The minimum absolute atomic E-state index is 0.0412. The van der Waals surface area contributed by atoms with Crippen LogP contribution in [0.2, 0.25) is 0 Å². The van der Waals surface area contributed by atoms with Crippen LogP contribution in [0.3, 0.4) is 0 Å². The Balaban J connectivity index is 1.41. The summed E-state index contributed by atoms with van der Waals surface area (Å²) >= 11 is 0. The minimum Gasteiger partial charge on any atom is -0.451 e. The number of hydrogen-bond donors (Lipinski definition) is 3. The quantitative estimate of drug-likeness (QED) is 0.106. The van der Waals surface area contributed by atoms with Gasteiger partial charge in [0.15, 0.2) is 11.9 Å². The highest BCUT2D eigenvalue weighted by Crippen LogP contribution is 2.35. The van der Waals surface area contributed by atoms with E-state index in [-0.39, 0.29) is 29.3 Å². The van der Waals surface area contributed by atoms with Gasteiger partial charge in [-0.25, -0.2) is 4.79 Å². The summed E-state index contributed by atoms with van der Waals surface area (Å²) < 4.78 is 42.5. The number of alkyl halides is 2. The van der Waals surface area contributed by atoms with E-state index in [1.54, 1.807) is 23.1 Å². The number of nitrogens with zero attached hydrogens (tertiary/aromatic N) is 4. The van der Waals surface area contributed by atoms with Crippen LogP contribution in [-0.2, 0) is 33.1 Å². The first-order valence-corrected chi connectivity index (χ1v) is 16.0. The van der Waals surface area contributed by atoms with Crippen LogP contribution in [0.15, 0.2) is 66.7 Å². The van der Waals surface area contributed by atoms with E-state index in [2.05, 4.69) is 25.9 Å². The molecule has 0 saturated carbocycles. The first-order chi connectivity index (χ1) is 22.9. The van der Waals surface area contributed by atoms with Gasteiger partial charge >= 0.3 is 18.0 Å². The van der Waals surface area contributed by atoms with E-state index in [0.29, 0.717) is 31.6 Å². The van der Waals surface area contributed by atoms with Gasteiger partial charge in [0.2, 0.25) is 5.91 Å². The van der Waals surface area contributed by atoms with Gasteiger partial charge in [0.05, 0.1) is 18.1 Å². The first-order valence-electron chi connectivity index (χ1n) is 16.0. The van der Waals surface area contributed by atoms with Gasteiger partial charge in [0.25, 0.3) is 0 Å². The van der Waals surface area contributed by atoms with Crippen molar-refractivity contribution in [1.29, 1.82) is 0 Å². The molecule has 1 aliphatic rings. The maximum absolute atomic E-state index is 15.9. The van der Waals surface area contributed by atoms with E-state index in [1.807, 2.05) is 0 Å². The number of tetrazole rings is 1. The summed E-state index contributed by atoms with van der Waals surface area (Å²) in [7, 11) is 0. The lowest BCUT2D eigenvalue weighted by molar-refractivity contribution is -0.167. The Kier molecular flexibility index (Phi) is 12.7. The second-order valence-electron chi connectivity index (χ2n) is 12.3. The average Bonchev–Trinajstić information content (AvgIpc) is 3.70. The normalized spacial score (nSPS) is 15.9. The van der Waals surface area contributed by atoms with E-state index in [4.69, 9.17) is 9.47 Å². The number of para-hydroxylation sites is 1. The standard InChI is InChI=1S/C34H42F2N6O6/c1-33(2,46)23-37-32(45)47-27-15-10-9-12-24(27)22-31(44)48-28(34(35,36)25-13-6-5-7-14-25)19-17-26-18-20-30(43)42(26)21-11-4-3-8-16-29-38-40-41-39-29/h5-7,9-10,12-15,17,19,26,28,46H,3-4,8,11,16,18,20-23H2,1-2H3,(H,37,45)(H,38,39,40,41)/b19-17+/t26-,28+/m0/s1. The van der Waals surface area contributed by atoms with Crippen molar-refractivity contribution in [3.05, 3.63) is 83.7 Å². The summed E-state index contributed by atoms with van der Waals surface area (Å²) in [6.07, 6.45) is 4.29. The molecule has 0 spiro atoms. The van der Waals surface area contributed by atoms with Crippen LogP contribution in [0, 0.1) is 0 Å². The first kappa shape index (κ1) is 36.1. The number of benzene rings is 2. The number of carbonyl (C=O) groups excluding carboxylic acids is 3. The molecule has 3 N–H and O–H groups in total. The third-order valence-electron chi connectivity index (χ3n) is 7.77. The van der Waals surface area contributed by atoms with Gasteiger partial charge < -0.3 is 24.8 Å². The number of halogens is 2. The fourth-order valence-corrected chi connectivity index (χ4v) is 5.25. The van der Waals surface area contributed by atoms with Crippen molar-refractivity contribution in [2.45, 2.75) is 88.9 Å². The van der Waals surface area contributed by atoms with Crippen LogP contribution in [0.1, 0.15) is 69.3 Å². The summed E-state index contributed by atoms with van der Waals surface area (Å²) in [4.78, 5) is 39.8. The van der Waals surface area contributed by atoms with Crippen LogP contribution >= 0.6 is 0 Å². The molecule has 48 heavy (non-hydrogen) atoms. The molecule has 1 saturated heterocycles. The molecular formula is C34H42F2N6O6. The molecule has 0 bridgehead atoms. The number of likely N-dealkylation sites (tertiary alicyclic amines) is 1. The van der Waals surface area contributed by atoms with E-state index in [9.17, 15) is 19.5 Å². The summed E-state index contributed by atoms with van der Waals surface area (Å²) in [5, 5.41) is 26.1. The fraction of sp³-hybridized carbons (Fsp3) is 0.471. The van der Waals surface area contributed by atoms with Gasteiger partial charge in [-0.05, 0) is 45.3 Å². The van der Waals surface area contributed by atoms with E-state index >= 15 is 8.78 Å². The van der Waals surface area contributed by atoms with Crippen LogP contribution in [-0.4, -0.2) is 79.4 Å². The predicted molar refractivity (Wildman–Crippen MR) is 171 cm³/mol. The second-order valence-corrected chi connectivity index (χ2v) is 12.3. The molecule has 3 aromatic rings. The number of aromatic nitrogens is 4. The summed E-state index contributed by atoms with van der Waals surface area (Å²) in [5.41, 5.74) is -1.26. The van der Waals surface area contributed by atoms with Crippen molar-refractivity contribution in [2.24, 2.45) is 0 Å². The Morgan fingerprint density at radius 1 is 1.10 bits per heavy atom. The smallest absolute Gasteiger partial charge is 0.412 e. The topological polar surface area (TPSA) is 160 Å². The Hall–Kier alpha value is -4.72. The molecule has 0 unspecified atom stereocenters. The van der Waals surface area contributed by atoms with Gasteiger partial charge in [-0.2, -0.15) is 14.0 Å². The Bertz CT molecular complexity index is 1510. The molecule has 0 aliphatic carbocycles. The maximum Gasteiger partial charge on any atom is 0.412 e. The van der Waals surface area contributed by atoms with E-state index < -0.39 is 42.2 Å². The number of aryl methyl sites for hydroxylation is 1. The maximum atomic E-state index is 15.9. The predicted octanol–water partition coefficient (Wildman–Crippen LogP) is 4.66. The number of aromatic amines is 1. The summed E-state index contributed by atoms with van der Waals surface area (Å²) in [6, 6.07) is 12.8. The van der Waals surface area contributed by atoms with Crippen molar-refractivity contribution in [1.82, 2.24) is 30.8 Å². The highest BCUT2D eigenvalue weighted by atomic mass is 19.3. The lowest BCUT2D eigenvalue weighted by Gasteiger charge is -2.27. The minimum atomic E-state index is -3.59. The highest BCUT2D eigenvalue weighted by Gasteiger charge is 2.43. The van der Waals surface area contributed by atoms with Crippen molar-refractivity contribution in [3.8, 4) is 5.75 Å². The van der Waals surface area contributed by atoms with Crippen molar-refractivity contribution >= 4 is 18.0 Å². The molecule has 0 radical (unpaired) electrons. The zero-order chi connectivity index (χ0) is 34.6. The number of rotatable bonds is 17. The number of amides is 2. The number of ether oxygens (including phenoxy) is 2. The molecule has 1 fully saturated rings. The number of unbranched alkanes of at least 4 members (excludes halogenated alkanes) is 3. The van der Waals surface area contributed by atoms with Crippen molar-refractivity contribution < 1.29 is 37.7 Å². The van der Waals surface area contributed by atoms with E-state index in [0.717, 1.165) is 25.7 Å². The SMILES string of the molecule is CC(C)(O)CNC(=O)Oc1ccccc1CC(=O)O[C@H](/C=C/[C@H]1CCC(=O)N1CCCCCCc1nn[nH]n1)C(F)(F)c1ccccc1. The third-order valence-corrected chi connectivity index (χ3v) is 7.77. The molecule has 258 valence electrons. The Morgan fingerprint density at radius 2 is 1.83 bits per heavy atom. The lowest BCUT2D eigenvalue weighted by atomic mass is 10.0. The molecule has 14 heteroatoms. The average molecular weight is 669 g/mol. The highest BCUT2D eigenvalue weighted by molar-refractivity contribution is 5.79. The number of aliphatic hydroxyl groups is 1. The molecule has 1 aromatic heterocycles. The largest absolute Gasteiger partial charge is 0.451 e. The number of nitrogens with one attached hydrogen (secondary N) is 2. The van der Waals surface area contributed by atoms with Gasteiger partial charge in [-0.1, -0.05) is 72.7 Å². The van der Waals surface area contributed by atoms with E-state index in [1.165, 1.54) is 62.4 Å².